The van der Waals surface area contributed by atoms with Crippen LogP contribution in [0.4, 0.5) is 0 Å². The molecule has 1 aromatic rings. The number of nitrogens with one attached hydrogen (secondary N) is 1. The molecule has 1 rings (SSSR count). The Balaban J connectivity index is 2.64. The molecule has 0 spiro atoms. The van der Waals surface area contributed by atoms with Crippen LogP contribution in [0.25, 0.3) is 0 Å². The summed E-state index contributed by atoms with van der Waals surface area (Å²) in [5.74, 6) is 0. The fraction of sp³-hybridized carbons (Fsp3) is 0.250. The van der Waals surface area contributed by atoms with Gasteiger partial charge in [-0.25, -0.2) is 13.1 Å². The second-order valence-electron chi connectivity index (χ2n) is 2.62. The smallest absolute Gasteiger partial charge is 0.250 e. The SMILES string of the molecule is NC/C=C/CNS(=O)(=O)c1ccc(Cl)s1. The molecular weight excluding hydrogens is 256 g/mol. The second-order valence-corrected chi connectivity index (χ2v) is 6.33. The minimum atomic E-state index is -3.43. The molecule has 0 aliphatic carbocycles. The molecule has 4 nitrogen and oxygen atoms in total. The summed E-state index contributed by atoms with van der Waals surface area (Å²) in [5.41, 5.74) is 5.21. The third-order valence-corrected chi connectivity index (χ3v) is 4.65. The maximum absolute atomic E-state index is 11.6. The molecule has 3 N–H and O–H groups in total. The molecule has 0 aromatic carbocycles. The molecular formula is C8H11ClN2O2S2. The van der Waals surface area contributed by atoms with Crippen LogP contribution in [0, 0.1) is 0 Å². The molecule has 0 fully saturated rings. The fourth-order valence-corrected chi connectivity index (χ4v) is 3.35. The Labute approximate surface area is 97.8 Å². The molecule has 7 heteroatoms. The highest BCUT2D eigenvalue weighted by Gasteiger charge is 2.14. The molecule has 15 heavy (non-hydrogen) atoms. The van der Waals surface area contributed by atoms with Crippen LogP contribution in [0.1, 0.15) is 0 Å². The summed E-state index contributed by atoms with van der Waals surface area (Å²) in [6.45, 7) is 0.627. The number of nitrogens with two attached hydrogens (primary N) is 1. The Bertz CT molecular complexity index is 439. The van der Waals surface area contributed by atoms with Crippen molar-refractivity contribution in [2.45, 2.75) is 4.21 Å². The quantitative estimate of drug-likeness (QED) is 0.787. The minimum absolute atomic E-state index is 0.216. The number of sulfonamides is 1. The van der Waals surface area contributed by atoms with Gasteiger partial charge in [-0.3, -0.25) is 0 Å². The van der Waals surface area contributed by atoms with Gasteiger partial charge in [0.05, 0.1) is 4.34 Å². The first-order valence-corrected chi connectivity index (χ1v) is 6.84. The average Bonchev–Trinajstić information content (AvgIpc) is 2.60. The zero-order valence-corrected chi connectivity index (χ0v) is 10.2. The maximum Gasteiger partial charge on any atom is 0.250 e. The van der Waals surface area contributed by atoms with Gasteiger partial charge in [-0.2, -0.15) is 0 Å². The Kier molecular flexibility index (Phi) is 4.75. The van der Waals surface area contributed by atoms with Crippen molar-refractivity contribution in [1.29, 1.82) is 0 Å². The van der Waals surface area contributed by atoms with Gasteiger partial charge in [-0.1, -0.05) is 23.8 Å². The summed E-state index contributed by atoms with van der Waals surface area (Å²) in [6.07, 6.45) is 3.34. The summed E-state index contributed by atoms with van der Waals surface area (Å²) in [5, 5.41) is 0. The lowest BCUT2D eigenvalue weighted by Crippen LogP contribution is -2.22. The van der Waals surface area contributed by atoms with Crippen LogP contribution in [0.2, 0.25) is 4.34 Å². The van der Waals surface area contributed by atoms with E-state index in [2.05, 4.69) is 4.72 Å². The summed E-state index contributed by atoms with van der Waals surface area (Å²) >= 11 is 6.67. The topological polar surface area (TPSA) is 72.2 Å². The predicted molar refractivity (Wildman–Crippen MR) is 62.7 cm³/mol. The first-order valence-electron chi connectivity index (χ1n) is 4.16. The molecule has 0 amide bonds. The van der Waals surface area contributed by atoms with Crippen LogP contribution in [-0.2, 0) is 10.0 Å². The van der Waals surface area contributed by atoms with Gasteiger partial charge < -0.3 is 5.73 Å². The summed E-state index contributed by atoms with van der Waals surface area (Å²) in [7, 11) is -3.43. The predicted octanol–water partition coefficient (Wildman–Crippen LogP) is 1.19. The van der Waals surface area contributed by atoms with Crippen LogP contribution in [0.5, 0.6) is 0 Å². The molecule has 0 aliphatic rings. The zero-order valence-electron chi connectivity index (χ0n) is 7.81. The van der Waals surface area contributed by atoms with Gasteiger partial charge in [0, 0.05) is 13.1 Å². The van der Waals surface area contributed by atoms with Gasteiger partial charge >= 0.3 is 0 Å². The number of halogens is 1. The van der Waals surface area contributed by atoms with Gasteiger partial charge in [-0.05, 0) is 12.1 Å². The highest BCUT2D eigenvalue weighted by Crippen LogP contribution is 2.25. The van der Waals surface area contributed by atoms with E-state index in [0.29, 0.717) is 10.9 Å². The van der Waals surface area contributed by atoms with Crippen LogP contribution in [0.15, 0.2) is 28.5 Å². The van der Waals surface area contributed by atoms with Crippen LogP contribution < -0.4 is 10.5 Å². The third kappa shape index (κ3) is 3.92. The van der Waals surface area contributed by atoms with Crippen molar-refractivity contribution in [3.8, 4) is 0 Å². The fourth-order valence-electron chi connectivity index (χ4n) is 0.851. The molecule has 84 valence electrons. The lowest BCUT2D eigenvalue weighted by Gasteiger charge is -2.00. The van der Waals surface area contributed by atoms with Crippen molar-refractivity contribution in [1.82, 2.24) is 4.72 Å². The van der Waals surface area contributed by atoms with E-state index in [9.17, 15) is 8.42 Å². The second kappa shape index (κ2) is 5.62. The van der Waals surface area contributed by atoms with Crippen molar-refractivity contribution in [2.75, 3.05) is 13.1 Å². The normalized spacial score (nSPS) is 12.4. The Morgan fingerprint density at radius 3 is 2.73 bits per heavy atom. The van der Waals surface area contributed by atoms with Crippen molar-refractivity contribution < 1.29 is 8.42 Å². The van der Waals surface area contributed by atoms with E-state index in [1.165, 1.54) is 6.07 Å². The highest BCUT2D eigenvalue weighted by molar-refractivity contribution is 7.91. The van der Waals surface area contributed by atoms with E-state index in [0.717, 1.165) is 11.3 Å². The molecule has 0 unspecified atom stereocenters. The van der Waals surface area contributed by atoms with E-state index < -0.39 is 10.0 Å². The number of rotatable bonds is 5. The van der Waals surface area contributed by atoms with Crippen LogP contribution in [-0.4, -0.2) is 21.5 Å². The highest BCUT2D eigenvalue weighted by atomic mass is 35.5. The summed E-state index contributed by atoms with van der Waals surface area (Å²) < 4.78 is 26.2. The number of hydrogen-bond donors (Lipinski definition) is 2. The number of hydrogen-bond acceptors (Lipinski definition) is 4. The van der Waals surface area contributed by atoms with Gasteiger partial charge in [0.15, 0.2) is 0 Å². The monoisotopic (exact) mass is 266 g/mol. The molecule has 0 bridgehead atoms. The van der Waals surface area contributed by atoms with E-state index in [1.54, 1.807) is 18.2 Å². The van der Waals surface area contributed by atoms with Gasteiger partial charge in [0.2, 0.25) is 10.0 Å². The van der Waals surface area contributed by atoms with E-state index >= 15 is 0 Å². The van der Waals surface area contributed by atoms with Crippen molar-refractivity contribution in [2.24, 2.45) is 5.73 Å². The first-order chi connectivity index (χ1) is 7.06. The Morgan fingerprint density at radius 2 is 2.20 bits per heavy atom. The van der Waals surface area contributed by atoms with Gasteiger partial charge in [0.25, 0.3) is 0 Å². The van der Waals surface area contributed by atoms with Crippen LogP contribution in [0.3, 0.4) is 0 Å². The lowest BCUT2D eigenvalue weighted by atomic mass is 10.5. The molecule has 0 radical (unpaired) electrons. The standard InChI is InChI=1S/C8H11ClN2O2S2/c9-7-3-4-8(14-7)15(12,13)11-6-2-1-5-10/h1-4,11H,5-6,10H2/b2-1+. The average molecular weight is 267 g/mol. The maximum atomic E-state index is 11.6. The summed E-state index contributed by atoms with van der Waals surface area (Å²) in [6, 6.07) is 3.03. The van der Waals surface area contributed by atoms with Crippen molar-refractivity contribution in [3.63, 3.8) is 0 Å². The molecule has 0 aliphatic heterocycles. The Hall–Kier alpha value is -0.400. The van der Waals surface area contributed by atoms with Gasteiger partial charge in [0.1, 0.15) is 4.21 Å². The van der Waals surface area contributed by atoms with Crippen molar-refractivity contribution in [3.05, 3.63) is 28.6 Å². The van der Waals surface area contributed by atoms with E-state index in [1.807, 2.05) is 0 Å². The van der Waals surface area contributed by atoms with E-state index in [-0.39, 0.29) is 10.8 Å². The van der Waals surface area contributed by atoms with Gasteiger partial charge in [-0.15, -0.1) is 11.3 Å². The molecule has 1 aromatic heterocycles. The minimum Gasteiger partial charge on any atom is -0.327 e. The number of thiophene rings is 1. The molecule has 1 heterocycles. The third-order valence-electron chi connectivity index (χ3n) is 1.51. The van der Waals surface area contributed by atoms with E-state index in [4.69, 9.17) is 17.3 Å². The largest absolute Gasteiger partial charge is 0.327 e. The van der Waals surface area contributed by atoms with Crippen LogP contribution >= 0.6 is 22.9 Å². The summed E-state index contributed by atoms with van der Waals surface area (Å²) in [4.78, 5) is 0. The lowest BCUT2D eigenvalue weighted by molar-refractivity contribution is 0.587. The van der Waals surface area contributed by atoms with Crippen molar-refractivity contribution >= 4 is 33.0 Å². The molecule has 0 saturated heterocycles. The molecule has 0 saturated carbocycles. The molecule has 0 atom stereocenters. The zero-order chi connectivity index (χ0) is 11.3. The Morgan fingerprint density at radius 1 is 1.47 bits per heavy atom. The first kappa shape index (κ1) is 12.7.